The number of carboxylic acids is 2. The zero-order chi connectivity index (χ0) is 25.9. The highest BCUT2D eigenvalue weighted by atomic mass is 16.4. The van der Waals surface area contributed by atoms with Gasteiger partial charge in [0.15, 0.2) is 6.04 Å². The summed E-state index contributed by atoms with van der Waals surface area (Å²) in [6.45, 7) is 4.33. The van der Waals surface area contributed by atoms with Crippen molar-refractivity contribution in [2.24, 2.45) is 17.4 Å². The van der Waals surface area contributed by atoms with Gasteiger partial charge in [-0.25, -0.2) is 4.79 Å². The number of carbonyl (C=O) groups excluding carboxylic acids is 4. The van der Waals surface area contributed by atoms with E-state index in [9.17, 15) is 33.9 Å². The van der Waals surface area contributed by atoms with Crippen LogP contribution >= 0.6 is 0 Å². The molecule has 188 valence electrons. The van der Waals surface area contributed by atoms with Crippen LogP contribution in [-0.4, -0.2) is 81.2 Å². The van der Waals surface area contributed by atoms with Gasteiger partial charge in [-0.1, -0.05) is 13.8 Å². The first-order chi connectivity index (χ1) is 15.2. The molecular formula is C19H33N5O9. The number of hydrogen-bond donors (Lipinski definition) is 8. The molecule has 5 unspecified atom stereocenters. The maximum Gasteiger partial charge on any atom is 0.328 e. The lowest BCUT2D eigenvalue weighted by Gasteiger charge is -2.27. The van der Waals surface area contributed by atoms with Crippen molar-refractivity contribution < 1.29 is 44.1 Å². The highest BCUT2D eigenvalue weighted by Gasteiger charge is 2.33. The molecule has 5 atom stereocenters. The van der Waals surface area contributed by atoms with Gasteiger partial charge in [0, 0.05) is 12.8 Å². The number of hydrogen-bond acceptors (Lipinski definition) is 8. The SMILES string of the molecule is CC(C)C(NC(=O)C(N)CCC(N)=O)C(=O)NC(CCC(=O)O)C(=O)NC(C(=O)O)C(C)O. The van der Waals surface area contributed by atoms with Gasteiger partial charge in [0.05, 0.1) is 12.1 Å². The molecule has 10 N–H and O–H groups in total. The van der Waals surface area contributed by atoms with Crippen LogP contribution in [0.25, 0.3) is 0 Å². The Labute approximate surface area is 190 Å². The average Bonchev–Trinajstić information content (AvgIpc) is 2.69. The molecule has 0 aromatic heterocycles. The van der Waals surface area contributed by atoms with Gasteiger partial charge in [0.25, 0.3) is 0 Å². The number of carboxylic acid groups (broad SMARTS) is 2. The molecular weight excluding hydrogens is 442 g/mol. The van der Waals surface area contributed by atoms with Crippen LogP contribution < -0.4 is 27.4 Å². The lowest BCUT2D eigenvalue weighted by molar-refractivity contribution is -0.145. The van der Waals surface area contributed by atoms with Crippen molar-refractivity contribution in [1.29, 1.82) is 0 Å². The third-order valence-electron chi connectivity index (χ3n) is 4.61. The van der Waals surface area contributed by atoms with Gasteiger partial charge in [-0.05, 0) is 25.7 Å². The van der Waals surface area contributed by atoms with Crippen LogP contribution in [0.1, 0.15) is 46.5 Å². The third kappa shape index (κ3) is 11.2. The Bertz CT molecular complexity index is 741. The van der Waals surface area contributed by atoms with E-state index in [1.165, 1.54) is 0 Å². The summed E-state index contributed by atoms with van der Waals surface area (Å²) in [6, 6.07) is -5.45. The average molecular weight is 475 g/mol. The third-order valence-corrected chi connectivity index (χ3v) is 4.61. The van der Waals surface area contributed by atoms with Gasteiger partial charge in [-0.15, -0.1) is 0 Å². The largest absolute Gasteiger partial charge is 0.481 e. The van der Waals surface area contributed by atoms with Crippen LogP contribution in [0.2, 0.25) is 0 Å². The number of nitrogens with two attached hydrogens (primary N) is 2. The maximum absolute atomic E-state index is 12.8. The van der Waals surface area contributed by atoms with E-state index in [4.69, 9.17) is 21.7 Å². The van der Waals surface area contributed by atoms with E-state index < -0.39 is 78.2 Å². The molecule has 0 spiro atoms. The summed E-state index contributed by atoms with van der Waals surface area (Å²) < 4.78 is 0. The Morgan fingerprint density at radius 1 is 0.788 bits per heavy atom. The smallest absolute Gasteiger partial charge is 0.328 e. The fraction of sp³-hybridized carbons (Fsp3) is 0.684. The maximum atomic E-state index is 12.8. The topological polar surface area (TPSA) is 251 Å². The van der Waals surface area contributed by atoms with Crippen LogP contribution in [-0.2, 0) is 28.8 Å². The van der Waals surface area contributed by atoms with E-state index >= 15 is 0 Å². The van der Waals surface area contributed by atoms with Crippen molar-refractivity contribution in [3.8, 4) is 0 Å². The Morgan fingerprint density at radius 2 is 1.33 bits per heavy atom. The number of primary amides is 1. The molecule has 0 aliphatic heterocycles. The molecule has 0 fully saturated rings. The number of aliphatic carboxylic acids is 2. The van der Waals surface area contributed by atoms with E-state index in [0.717, 1.165) is 6.92 Å². The summed E-state index contributed by atoms with van der Waals surface area (Å²) >= 11 is 0. The summed E-state index contributed by atoms with van der Waals surface area (Å²) in [4.78, 5) is 70.6. The number of amides is 4. The fourth-order valence-electron chi connectivity index (χ4n) is 2.66. The molecule has 0 radical (unpaired) electrons. The van der Waals surface area contributed by atoms with E-state index in [1.54, 1.807) is 13.8 Å². The number of nitrogens with one attached hydrogen (secondary N) is 3. The summed E-state index contributed by atoms with van der Waals surface area (Å²) in [7, 11) is 0. The molecule has 0 aliphatic rings. The first-order valence-electron chi connectivity index (χ1n) is 10.2. The predicted octanol–water partition coefficient (Wildman–Crippen LogP) is -2.98. The van der Waals surface area contributed by atoms with Crippen LogP contribution in [0, 0.1) is 5.92 Å². The standard InChI is InChI=1S/C19H33N5O9/c1-8(2)14(23-16(29)10(20)4-6-12(21)26)18(31)22-11(5-7-13(27)28)17(30)24-15(9(3)25)19(32)33/h8-11,14-15,25H,4-7,20H2,1-3H3,(H2,21,26)(H,22,31)(H,23,29)(H,24,30)(H,27,28)(H,32,33). The van der Waals surface area contributed by atoms with Crippen LogP contribution in [0.3, 0.4) is 0 Å². The van der Waals surface area contributed by atoms with Gasteiger partial charge in [0.2, 0.25) is 23.6 Å². The van der Waals surface area contributed by atoms with Gasteiger partial charge < -0.3 is 42.7 Å². The van der Waals surface area contributed by atoms with Crippen molar-refractivity contribution in [3.05, 3.63) is 0 Å². The molecule has 0 saturated carbocycles. The monoisotopic (exact) mass is 475 g/mol. The molecule has 0 rings (SSSR count). The number of carbonyl (C=O) groups is 6. The molecule has 14 nitrogen and oxygen atoms in total. The minimum atomic E-state index is -1.69. The number of aliphatic hydroxyl groups excluding tert-OH is 1. The van der Waals surface area contributed by atoms with Crippen LogP contribution in [0.5, 0.6) is 0 Å². The Balaban J connectivity index is 5.46. The molecule has 0 saturated heterocycles. The highest BCUT2D eigenvalue weighted by molar-refractivity contribution is 5.94. The molecule has 0 aliphatic carbocycles. The molecule has 4 amide bonds. The molecule has 0 aromatic carbocycles. The minimum absolute atomic E-state index is 0.0484. The highest BCUT2D eigenvalue weighted by Crippen LogP contribution is 2.07. The second-order valence-corrected chi connectivity index (χ2v) is 7.90. The lowest BCUT2D eigenvalue weighted by Crippen LogP contribution is -2.59. The summed E-state index contributed by atoms with van der Waals surface area (Å²) in [5.74, 6) is -6.53. The Hall–Kier alpha value is -3.26. The Kier molecular flexibility index (Phi) is 12.6. The minimum Gasteiger partial charge on any atom is -0.481 e. The zero-order valence-corrected chi connectivity index (χ0v) is 18.7. The van der Waals surface area contributed by atoms with Crippen molar-refractivity contribution in [1.82, 2.24) is 16.0 Å². The lowest BCUT2D eigenvalue weighted by atomic mass is 10.0. The van der Waals surface area contributed by atoms with Crippen molar-refractivity contribution in [2.45, 2.75) is 76.7 Å². The summed E-state index contributed by atoms with van der Waals surface area (Å²) in [5, 5.41) is 34.4. The van der Waals surface area contributed by atoms with Crippen molar-refractivity contribution in [2.75, 3.05) is 0 Å². The van der Waals surface area contributed by atoms with Gasteiger partial charge in [-0.2, -0.15) is 0 Å². The normalized spacial score (nSPS) is 15.5. The zero-order valence-electron chi connectivity index (χ0n) is 18.7. The second-order valence-electron chi connectivity index (χ2n) is 7.90. The number of aliphatic hydroxyl groups is 1. The summed E-state index contributed by atoms with van der Waals surface area (Å²) in [6.07, 6.45) is -2.56. The first kappa shape index (κ1) is 29.7. The summed E-state index contributed by atoms with van der Waals surface area (Å²) in [5.41, 5.74) is 10.7. The molecule has 0 aromatic rings. The van der Waals surface area contributed by atoms with Crippen LogP contribution in [0.15, 0.2) is 0 Å². The first-order valence-corrected chi connectivity index (χ1v) is 10.2. The van der Waals surface area contributed by atoms with Gasteiger partial charge in [0.1, 0.15) is 12.1 Å². The predicted molar refractivity (Wildman–Crippen MR) is 113 cm³/mol. The van der Waals surface area contributed by atoms with E-state index in [0.29, 0.717) is 0 Å². The fourth-order valence-corrected chi connectivity index (χ4v) is 2.66. The van der Waals surface area contributed by atoms with Crippen molar-refractivity contribution >= 4 is 35.6 Å². The quantitative estimate of drug-likeness (QED) is 0.119. The molecule has 33 heavy (non-hydrogen) atoms. The molecule has 0 bridgehead atoms. The van der Waals surface area contributed by atoms with Gasteiger partial charge >= 0.3 is 11.9 Å². The second kappa shape index (κ2) is 14.0. The van der Waals surface area contributed by atoms with E-state index in [1.807, 2.05) is 0 Å². The van der Waals surface area contributed by atoms with Crippen LogP contribution in [0.4, 0.5) is 0 Å². The number of rotatable bonds is 15. The molecule has 14 heteroatoms. The Morgan fingerprint density at radius 3 is 1.76 bits per heavy atom. The van der Waals surface area contributed by atoms with E-state index in [-0.39, 0.29) is 19.3 Å². The molecule has 0 heterocycles. The van der Waals surface area contributed by atoms with E-state index in [2.05, 4.69) is 16.0 Å². The van der Waals surface area contributed by atoms with Gasteiger partial charge in [-0.3, -0.25) is 24.0 Å². The van der Waals surface area contributed by atoms with Crippen molar-refractivity contribution in [3.63, 3.8) is 0 Å².